The largest absolute Gasteiger partial charge is 0.454 e. The standard InChI is InChI=1S/C73H137NO10/c1-4-7-10-13-16-19-22-25-27-29-31-32-33-34-35-37-38-40-42-45-48-51-54-57-60-66(77)72(81)74-64(65(76)59-56-53-50-47-44-24-21-18-15-12-9-6-3)63-82-73-71(70(80)69(79)67(62-75)83-73)84-68(78)61-58-55-52-49-46-43-41-39-36-30-28-26-23-20-17-14-11-8-5-2/h16,19,25,27,56,59,64-67,69-71,73,75-77,79-80H,4-15,17-18,20-24,26,28-55,57-58,60-63H2,1-3H3,(H,74,81)/b19-16-,27-25-,59-56+. The van der Waals surface area contributed by atoms with Crippen molar-refractivity contribution < 1.29 is 49.3 Å². The summed E-state index contributed by atoms with van der Waals surface area (Å²) in [5.41, 5.74) is 0. The summed E-state index contributed by atoms with van der Waals surface area (Å²) >= 11 is 0. The minimum Gasteiger partial charge on any atom is -0.454 e. The van der Waals surface area contributed by atoms with E-state index in [1.54, 1.807) is 6.08 Å². The van der Waals surface area contributed by atoms with Gasteiger partial charge in [-0.25, -0.2) is 0 Å². The van der Waals surface area contributed by atoms with Gasteiger partial charge in [0.2, 0.25) is 5.91 Å². The quantitative estimate of drug-likeness (QED) is 0.0195. The second-order valence-corrected chi connectivity index (χ2v) is 25.3. The fourth-order valence-corrected chi connectivity index (χ4v) is 11.6. The van der Waals surface area contributed by atoms with Crippen molar-refractivity contribution in [2.75, 3.05) is 13.2 Å². The number of unbranched alkanes of at least 4 members (excludes halogenated alkanes) is 45. The van der Waals surface area contributed by atoms with Crippen LogP contribution in [0.3, 0.4) is 0 Å². The molecule has 1 heterocycles. The second-order valence-electron chi connectivity index (χ2n) is 25.3. The molecule has 6 N–H and O–H groups in total. The number of esters is 1. The van der Waals surface area contributed by atoms with Gasteiger partial charge < -0.3 is 45.1 Å². The van der Waals surface area contributed by atoms with Crippen LogP contribution < -0.4 is 5.32 Å². The molecule has 1 amide bonds. The Labute approximate surface area is 517 Å². The minimum absolute atomic E-state index is 0.130. The Kier molecular flexibility index (Phi) is 58.1. The van der Waals surface area contributed by atoms with Gasteiger partial charge in [-0.2, -0.15) is 0 Å². The molecule has 0 aromatic carbocycles. The van der Waals surface area contributed by atoms with E-state index in [0.717, 1.165) is 64.2 Å². The van der Waals surface area contributed by atoms with Gasteiger partial charge >= 0.3 is 5.97 Å². The third kappa shape index (κ3) is 47.9. The van der Waals surface area contributed by atoms with Gasteiger partial charge in [0.05, 0.1) is 25.4 Å². The zero-order valence-electron chi connectivity index (χ0n) is 55.0. The SMILES string of the molecule is CCCCC/C=C\C/C=C\CCCCCCCCCCCCCCCCC(O)C(=O)NC(COC1OC(CO)C(O)C(O)C1OC(=O)CCCCCCCCCCCCCCCCCCCCC)C(O)/C=C/CCCCCCCCCCCC. The van der Waals surface area contributed by atoms with Crippen molar-refractivity contribution in [2.45, 2.75) is 404 Å². The predicted octanol–water partition coefficient (Wildman–Crippen LogP) is 18.6. The molecular formula is C73H137NO10. The molecule has 0 aromatic heterocycles. The zero-order valence-corrected chi connectivity index (χ0v) is 55.0. The first kappa shape index (κ1) is 79.9. The van der Waals surface area contributed by atoms with Crippen molar-refractivity contribution in [2.24, 2.45) is 0 Å². The Balaban J connectivity index is 2.55. The first-order valence-electron chi connectivity index (χ1n) is 36.3. The highest BCUT2D eigenvalue weighted by atomic mass is 16.7. The third-order valence-corrected chi connectivity index (χ3v) is 17.3. The Morgan fingerprint density at radius 2 is 0.821 bits per heavy atom. The van der Waals surface area contributed by atoms with Crippen LogP contribution in [0.15, 0.2) is 36.5 Å². The molecule has 0 bridgehead atoms. The van der Waals surface area contributed by atoms with Gasteiger partial charge in [-0.15, -0.1) is 0 Å². The molecule has 1 rings (SSSR count). The maximum atomic E-state index is 13.5. The Bertz CT molecular complexity index is 1510. The molecule has 1 aliphatic rings. The molecule has 0 aliphatic carbocycles. The number of aliphatic hydroxyl groups is 5. The molecule has 84 heavy (non-hydrogen) atoms. The summed E-state index contributed by atoms with van der Waals surface area (Å²) in [4.78, 5) is 26.7. The normalized spacial score (nSPS) is 18.6. The summed E-state index contributed by atoms with van der Waals surface area (Å²) in [6, 6.07) is -1.02. The Hall–Kier alpha value is -2.12. The Morgan fingerprint density at radius 3 is 1.24 bits per heavy atom. The average molecular weight is 1190 g/mol. The second kappa shape index (κ2) is 61.1. The van der Waals surface area contributed by atoms with Crippen molar-refractivity contribution in [1.29, 1.82) is 0 Å². The molecule has 0 aromatic rings. The number of ether oxygens (including phenoxy) is 3. The molecule has 1 aliphatic heterocycles. The monoisotopic (exact) mass is 1190 g/mol. The lowest BCUT2D eigenvalue weighted by Gasteiger charge is -2.41. The number of hydrogen-bond acceptors (Lipinski definition) is 10. The summed E-state index contributed by atoms with van der Waals surface area (Å²) in [5.74, 6) is -1.18. The van der Waals surface area contributed by atoms with E-state index in [4.69, 9.17) is 14.2 Å². The van der Waals surface area contributed by atoms with Crippen LogP contribution in [-0.2, 0) is 23.8 Å². The molecule has 1 fully saturated rings. The highest BCUT2D eigenvalue weighted by Gasteiger charge is 2.47. The first-order valence-corrected chi connectivity index (χ1v) is 36.3. The van der Waals surface area contributed by atoms with Crippen molar-refractivity contribution in [3.8, 4) is 0 Å². The summed E-state index contributed by atoms with van der Waals surface area (Å²) in [7, 11) is 0. The van der Waals surface area contributed by atoms with Crippen molar-refractivity contribution in [3.63, 3.8) is 0 Å². The highest BCUT2D eigenvalue weighted by molar-refractivity contribution is 5.80. The van der Waals surface area contributed by atoms with Crippen LogP contribution in [0.5, 0.6) is 0 Å². The lowest BCUT2D eigenvalue weighted by molar-refractivity contribution is -0.305. The topological polar surface area (TPSA) is 175 Å². The van der Waals surface area contributed by atoms with E-state index in [0.29, 0.717) is 19.3 Å². The molecule has 0 saturated carbocycles. The van der Waals surface area contributed by atoms with Gasteiger partial charge in [0.25, 0.3) is 0 Å². The fraction of sp³-hybridized carbons (Fsp3) is 0.890. The van der Waals surface area contributed by atoms with Crippen LogP contribution in [-0.4, -0.2) is 99.6 Å². The van der Waals surface area contributed by atoms with E-state index >= 15 is 0 Å². The van der Waals surface area contributed by atoms with Gasteiger partial charge in [-0.05, 0) is 57.8 Å². The number of amides is 1. The van der Waals surface area contributed by atoms with Gasteiger partial charge in [-0.3, -0.25) is 9.59 Å². The minimum atomic E-state index is -1.61. The maximum absolute atomic E-state index is 13.5. The summed E-state index contributed by atoms with van der Waals surface area (Å²) in [6.45, 7) is 5.82. The van der Waals surface area contributed by atoms with E-state index in [1.807, 2.05) is 6.08 Å². The van der Waals surface area contributed by atoms with Crippen LogP contribution in [0.4, 0.5) is 0 Å². The lowest BCUT2D eigenvalue weighted by atomic mass is 9.99. The van der Waals surface area contributed by atoms with Crippen LogP contribution >= 0.6 is 0 Å². The maximum Gasteiger partial charge on any atom is 0.306 e. The molecular weight excluding hydrogens is 1050 g/mol. The van der Waals surface area contributed by atoms with Gasteiger partial charge in [0, 0.05) is 6.42 Å². The van der Waals surface area contributed by atoms with Crippen LogP contribution in [0.1, 0.15) is 355 Å². The zero-order chi connectivity index (χ0) is 61.0. The van der Waals surface area contributed by atoms with E-state index in [-0.39, 0.29) is 13.0 Å². The molecule has 8 atom stereocenters. The average Bonchev–Trinajstić information content (AvgIpc) is 3.54. The number of nitrogens with one attached hydrogen (secondary N) is 1. The van der Waals surface area contributed by atoms with Crippen molar-refractivity contribution in [3.05, 3.63) is 36.5 Å². The molecule has 8 unspecified atom stereocenters. The predicted molar refractivity (Wildman–Crippen MR) is 352 cm³/mol. The van der Waals surface area contributed by atoms with Crippen LogP contribution in [0.25, 0.3) is 0 Å². The highest BCUT2D eigenvalue weighted by Crippen LogP contribution is 2.26. The smallest absolute Gasteiger partial charge is 0.306 e. The van der Waals surface area contributed by atoms with Gasteiger partial charge in [0.1, 0.15) is 24.4 Å². The van der Waals surface area contributed by atoms with Crippen LogP contribution in [0.2, 0.25) is 0 Å². The van der Waals surface area contributed by atoms with Gasteiger partial charge in [0.15, 0.2) is 12.4 Å². The fourth-order valence-electron chi connectivity index (χ4n) is 11.6. The van der Waals surface area contributed by atoms with E-state index in [2.05, 4.69) is 50.4 Å². The number of carbonyl (C=O) groups excluding carboxylic acids is 2. The first-order chi connectivity index (χ1) is 41.2. The summed E-state index contributed by atoms with van der Waals surface area (Å²) in [5, 5.41) is 57.3. The van der Waals surface area contributed by atoms with Crippen LogP contribution in [0, 0.1) is 0 Å². The van der Waals surface area contributed by atoms with Crippen molar-refractivity contribution in [1.82, 2.24) is 5.32 Å². The lowest BCUT2D eigenvalue weighted by Crippen LogP contribution is -2.61. The Morgan fingerprint density at radius 1 is 0.464 bits per heavy atom. The number of aliphatic hydroxyl groups excluding tert-OH is 5. The van der Waals surface area contributed by atoms with Crippen molar-refractivity contribution >= 4 is 11.9 Å². The number of rotatable bonds is 63. The molecule has 11 heteroatoms. The van der Waals surface area contributed by atoms with E-state index in [9.17, 15) is 35.1 Å². The summed E-state index contributed by atoms with van der Waals surface area (Å²) in [6.07, 6.45) is 64.7. The summed E-state index contributed by atoms with van der Waals surface area (Å²) < 4.78 is 17.7. The van der Waals surface area contributed by atoms with E-state index < -0.39 is 67.4 Å². The molecule has 0 radical (unpaired) electrons. The third-order valence-electron chi connectivity index (χ3n) is 17.3. The molecule has 0 spiro atoms. The van der Waals surface area contributed by atoms with E-state index in [1.165, 1.54) is 244 Å². The molecule has 11 nitrogen and oxygen atoms in total. The van der Waals surface area contributed by atoms with Gasteiger partial charge in [-0.1, -0.05) is 327 Å². The number of allylic oxidation sites excluding steroid dienone is 5. The number of hydrogen-bond donors (Lipinski definition) is 6. The molecule has 1 saturated heterocycles. The molecule has 494 valence electrons. The number of carbonyl (C=O) groups is 2.